The molecule has 1 aliphatic rings. The van der Waals surface area contributed by atoms with E-state index in [0.717, 1.165) is 25.8 Å². The van der Waals surface area contributed by atoms with Crippen LogP contribution in [0.5, 0.6) is 5.75 Å². The third-order valence-electron chi connectivity index (χ3n) is 4.83. The second-order valence-electron chi connectivity index (χ2n) is 6.24. The Kier molecular flexibility index (Phi) is 4.84. The van der Waals surface area contributed by atoms with E-state index in [2.05, 4.69) is 42.3 Å². The first-order chi connectivity index (χ1) is 10.7. The first-order valence-electron chi connectivity index (χ1n) is 8.29. The molecule has 1 aromatic carbocycles. The number of phenols is 1. The van der Waals surface area contributed by atoms with Gasteiger partial charge >= 0.3 is 0 Å². The van der Waals surface area contributed by atoms with E-state index < -0.39 is 0 Å². The Bertz CT molecular complexity index is 608. The summed E-state index contributed by atoms with van der Waals surface area (Å²) in [6.45, 7) is 5.73. The Labute approximate surface area is 137 Å². The lowest BCUT2D eigenvalue weighted by Gasteiger charge is -2.39. The van der Waals surface area contributed by atoms with Crippen molar-refractivity contribution in [1.29, 1.82) is 0 Å². The van der Waals surface area contributed by atoms with Crippen molar-refractivity contribution < 1.29 is 5.11 Å². The smallest absolute Gasteiger partial charge is 0.119 e. The van der Waals surface area contributed by atoms with Gasteiger partial charge in [-0.05, 0) is 67.8 Å². The van der Waals surface area contributed by atoms with E-state index in [1.165, 1.54) is 22.4 Å². The van der Waals surface area contributed by atoms with Crippen molar-refractivity contribution in [2.24, 2.45) is 0 Å². The molecule has 1 heterocycles. The van der Waals surface area contributed by atoms with Crippen LogP contribution in [-0.2, 0) is 12.8 Å². The molecule has 1 aromatic heterocycles. The Morgan fingerprint density at radius 1 is 1.32 bits per heavy atom. The largest absolute Gasteiger partial charge is 0.508 e. The molecule has 3 heteroatoms. The van der Waals surface area contributed by atoms with Crippen molar-refractivity contribution >= 4 is 11.3 Å². The van der Waals surface area contributed by atoms with Crippen LogP contribution >= 0.6 is 11.3 Å². The molecule has 1 N–H and O–H groups in total. The molecule has 0 bridgehead atoms. The number of aromatic hydroxyl groups is 1. The molecule has 1 aliphatic carbocycles. The van der Waals surface area contributed by atoms with Crippen molar-refractivity contribution in [3.05, 3.63) is 51.7 Å². The van der Waals surface area contributed by atoms with Crippen molar-refractivity contribution in [3.8, 4) is 5.75 Å². The molecule has 2 nitrogen and oxygen atoms in total. The third-order valence-corrected chi connectivity index (χ3v) is 5.88. The summed E-state index contributed by atoms with van der Waals surface area (Å²) in [5.74, 6) is 0.476. The lowest BCUT2D eigenvalue weighted by atomic mass is 9.86. The second-order valence-corrected chi connectivity index (χ2v) is 7.22. The van der Waals surface area contributed by atoms with Gasteiger partial charge in [0.2, 0.25) is 0 Å². The number of nitrogens with zero attached hydrogens (tertiary/aromatic N) is 1. The van der Waals surface area contributed by atoms with E-state index in [1.807, 2.05) is 23.5 Å². The van der Waals surface area contributed by atoms with Gasteiger partial charge in [0.15, 0.2) is 0 Å². The first-order valence-corrected chi connectivity index (χ1v) is 9.17. The summed E-state index contributed by atoms with van der Waals surface area (Å²) in [4.78, 5) is 4.12. The van der Waals surface area contributed by atoms with E-state index in [4.69, 9.17) is 0 Å². The number of hydrogen-bond acceptors (Lipinski definition) is 3. The molecule has 0 amide bonds. The average Bonchev–Trinajstić information content (AvgIpc) is 3.06. The van der Waals surface area contributed by atoms with E-state index in [0.29, 0.717) is 17.8 Å². The molecule has 0 spiro atoms. The topological polar surface area (TPSA) is 23.5 Å². The molecule has 0 aliphatic heterocycles. The van der Waals surface area contributed by atoms with Crippen LogP contribution in [0.3, 0.4) is 0 Å². The van der Waals surface area contributed by atoms with E-state index in [9.17, 15) is 5.11 Å². The van der Waals surface area contributed by atoms with Crippen LogP contribution in [0, 0.1) is 0 Å². The van der Waals surface area contributed by atoms with E-state index in [1.54, 1.807) is 0 Å². The van der Waals surface area contributed by atoms with Gasteiger partial charge < -0.3 is 5.11 Å². The maximum absolute atomic E-state index is 10.0. The average molecular weight is 315 g/mol. The second kappa shape index (κ2) is 6.84. The van der Waals surface area contributed by atoms with Crippen LogP contribution in [0.15, 0.2) is 35.7 Å². The number of phenolic OH excluding ortho intramolecular Hbond substituents is 1. The number of benzene rings is 1. The zero-order chi connectivity index (χ0) is 15.5. The predicted molar refractivity (Wildman–Crippen MR) is 93.7 cm³/mol. The van der Waals surface area contributed by atoms with Gasteiger partial charge in [-0.3, -0.25) is 4.90 Å². The Morgan fingerprint density at radius 3 is 2.91 bits per heavy atom. The molecule has 0 radical (unpaired) electrons. The van der Waals surface area contributed by atoms with Gasteiger partial charge in [0, 0.05) is 17.0 Å². The fraction of sp³-hybridized carbons (Fsp3) is 0.474. The fourth-order valence-electron chi connectivity index (χ4n) is 3.69. The standard InChI is InChI=1S/C19H25NOS/c1-3-11-20(14(2)19-8-5-12-22-19)16-9-10-17-15(13-16)6-4-7-18(17)21/h4-8,12,14,16,21H,3,9-11,13H2,1-2H3. The maximum atomic E-state index is 10.0. The maximum Gasteiger partial charge on any atom is 0.119 e. The number of fused-ring (bicyclic) bond motifs is 1. The molecule has 0 fully saturated rings. The van der Waals surface area contributed by atoms with Crippen molar-refractivity contribution in [2.45, 2.75) is 51.6 Å². The van der Waals surface area contributed by atoms with Gasteiger partial charge in [-0.15, -0.1) is 11.3 Å². The molecule has 3 rings (SSSR count). The molecule has 2 atom stereocenters. The first kappa shape index (κ1) is 15.6. The number of hydrogen-bond donors (Lipinski definition) is 1. The highest BCUT2D eigenvalue weighted by atomic mass is 32.1. The lowest BCUT2D eigenvalue weighted by Crippen LogP contribution is -2.41. The Hall–Kier alpha value is -1.32. The minimum atomic E-state index is 0.476. The third kappa shape index (κ3) is 3.06. The molecule has 118 valence electrons. The highest BCUT2D eigenvalue weighted by Crippen LogP contribution is 2.34. The van der Waals surface area contributed by atoms with Gasteiger partial charge in [0.05, 0.1) is 0 Å². The summed E-state index contributed by atoms with van der Waals surface area (Å²) in [6, 6.07) is 11.4. The number of thiophene rings is 1. The zero-order valence-electron chi connectivity index (χ0n) is 13.5. The quantitative estimate of drug-likeness (QED) is 0.858. The van der Waals surface area contributed by atoms with Crippen molar-refractivity contribution in [1.82, 2.24) is 4.90 Å². The molecule has 2 aromatic rings. The summed E-state index contributed by atoms with van der Waals surface area (Å²) < 4.78 is 0. The highest BCUT2D eigenvalue weighted by Gasteiger charge is 2.28. The molecular formula is C19H25NOS. The SMILES string of the molecule is CCCN(C1CCc2c(O)cccc2C1)C(C)c1cccs1. The summed E-state index contributed by atoms with van der Waals surface area (Å²) >= 11 is 1.86. The number of rotatable bonds is 5. The molecular weight excluding hydrogens is 290 g/mol. The molecule has 2 unspecified atom stereocenters. The Morgan fingerprint density at radius 2 is 2.18 bits per heavy atom. The van der Waals surface area contributed by atoms with E-state index in [-0.39, 0.29) is 0 Å². The van der Waals surface area contributed by atoms with Crippen molar-refractivity contribution in [2.75, 3.05) is 6.54 Å². The lowest BCUT2D eigenvalue weighted by molar-refractivity contribution is 0.132. The zero-order valence-corrected chi connectivity index (χ0v) is 14.3. The van der Waals surface area contributed by atoms with Gasteiger partial charge in [0.25, 0.3) is 0 Å². The summed E-state index contributed by atoms with van der Waals surface area (Å²) in [5, 5.41) is 12.2. The molecule has 0 saturated carbocycles. The van der Waals surface area contributed by atoms with Crippen LogP contribution in [0.25, 0.3) is 0 Å². The highest BCUT2D eigenvalue weighted by molar-refractivity contribution is 7.10. The Balaban J connectivity index is 1.81. The van der Waals surface area contributed by atoms with Gasteiger partial charge in [0.1, 0.15) is 5.75 Å². The fourth-order valence-corrected chi connectivity index (χ4v) is 4.50. The summed E-state index contributed by atoms with van der Waals surface area (Å²) in [7, 11) is 0. The van der Waals surface area contributed by atoms with Gasteiger partial charge in [-0.25, -0.2) is 0 Å². The normalized spacial score (nSPS) is 19.1. The van der Waals surface area contributed by atoms with Crippen LogP contribution in [0.4, 0.5) is 0 Å². The van der Waals surface area contributed by atoms with Crippen LogP contribution in [0.1, 0.15) is 48.7 Å². The summed E-state index contributed by atoms with van der Waals surface area (Å²) in [6.07, 6.45) is 4.36. The molecule has 22 heavy (non-hydrogen) atoms. The van der Waals surface area contributed by atoms with Crippen LogP contribution in [-0.4, -0.2) is 22.6 Å². The predicted octanol–water partition coefficient (Wildman–Crippen LogP) is 4.78. The van der Waals surface area contributed by atoms with Crippen molar-refractivity contribution in [3.63, 3.8) is 0 Å². The van der Waals surface area contributed by atoms with Crippen LogP contribution < -0.4 is 0 Å². The van der Waals surface area contributed by atoms with Gasteiger partial charge in [-0.2, -0.15) is 0 Å². The monoisotopic (exact) mass is 315 g/mol. The minimum absolute atomic E-state index is 0.476. The summed E-state index contributed by atoms with van der Waals surface area (Å²) in [5.41, 5.74) is 2.50. The van der Waals surface area contributed by atoms with E-state index >= 15 is 0 Å². The van der Waals surface area contributed by atoms with Crippen LogP contribution in [0.2, 0.25) is 0 Å². The molecule has 0 saturated heterocycles. The van der Waals surface area contributed by atoms with Gasteiger partial charge in [-0.1, -0.05) is 25.1 Å². The minimum Gasteiger partial charge on any atom is -0.508 e.